The van der Waals surface area contributed by atoms with E-state index in [1.807, 2.05) is 4.90 Å². The summed E-state index contributed by atoms with van der Waals surface area (Å²) < 4.78 is 0. The molecular weight excluding hydrogens is 180 g/mol. The monoisotopic (exact) mass is 198 g/mol. The van der Waals surface area contributed by atoms with E-state index in [9.17, 15) is 9.59 Å². The summed E-state index contributed by atoms with van der Waals surface area (Å²) in [5.74, 6) is 0.0569. The second-order valence-corrected chi connectivity index (χ2v) is 3.89. The first-order chi connectivity index (χ1) is 6.65. The van der Waals surface area contributed by atoms with Crippen molar-refractivity contribution in [1.29, 1.82) is 0 Å². The molecule has 0 aliphatic carbocycles. The number of carbonyl (C=O) groups is 2. The first-order valence-electron chi connectivity index (χ1n) is 5.08. The smallest absolute Gasteiger partial charge is 0.219 e. The molecule has 1 fully saturated rings. The SMILES string of the molecule is CC(=O)N(C)C[C@@H]1CCCCN1C=O. The van der Waals surface area contributed by atoms with Gasteiger partial charge in [-0.15, -0.1) is 0 Å². The molecule has 80 valence electrons. The van der Waals surface area contributed by atoms with Crippen LogP contribution < -0.4 is 0 Å². The molecule has 0 radical (unpaired) electrons. The minimum absolute atomic E-state index is 0.0569. The van der Waals surface area contributed by atoms with E-state index in [-0.39, 0.29) is 11.9 Å². The van der Waals surface area contributed by atoms with Crippen LogP contribution in [0.15, 0.2) is 0 Å². The van der Waals surface area contributed by atoms with Gasteiger partial charge in [0, 0.05) is 33.1 Å². The molecule has 1 atom stereocenters. The fraction of sp³-hybridized carbons (Fsp3) is 0.800. The quantitative estimate of drug-likeness (QED) is 0.619. The van der Waals surface area contributed by atoms with Gasteiger partial charge in [-0.2, -0.15) is 0 Å². The lowest BCUT2D eigenvalue weighted by Gasteiger charge is -2.35. The number of carbonyl (C=O) groups excluding carboxylic acids is 2. The zero-order valence-corrected chi connectivity index (χ0v) is 8.90. The van der Waals surface area contributed by atoms with Gasteiger partial charge in [0.25, 0.3) is 0 Å². The van der Waals surface area contributed by atoms with Crippen LogP contribution in [-0.4, -0.2) is 48.3 Å². The minimum Gasteiger partial charge on any atom is -0.344 e. The summed E-state index contributed by atoms with van der Waals surface area (Å²) in [6, 6.07) is 0.218. The highest BCUT2D eigenvalue weighted by atomic mass is 16.2. The van der Waals surface area contributed by atoms with Gasteiger partial charge in [-0.05, 0) is 19.3 Å². The van der Waals surface area contributed by atoms with Gasteiger partial charge in [0.05, 0.1) is 0 Å². The van der Waals surface area contributed by atoms with Crippen LogP contribution in [0.5, 0.6) is 0 Å². The Morgan fingerprint density at radius 1 is 1.57 bits per heavy atom. The van der Waals surface area contributed by atoms with Crippen molar-refractivity contribution >= 4 is 12.3 Å². The van der Waals surface area contributed by atoms with E-state index in [1.165, 1.54) is 0 Å². The maximum atomic E-state index is 11.0. The molecule has 14 heavy (non-hydrogen) atoms. The average Bonchev–Trinajstić information content (AvgIpc) is 2.18. The largest absolute Gasteiger partial charge is 0.344 e. The molecular formula is C10H18N2O2. The third kappa shape index (κ3) is 2.72. The molecule has 1 rings (SSSR count). The molecule has 0 aromatic carbocycles. The van der Waals surface area contributed by atoms with Crippen LogP contribution >= 0.6 is 0 Å². The Labute approximate surface area is 84.9 Å². The van der Waals surface area contributed by atoms with Crippen LogP contribution in [-0.2, 0) is 9.59 Å². The number of rotatable bonds is 3. The van der Waals surface area contributed by atoms with Crippen molar-refractivity contribution in [3.8, 4) is 0 Å². The Bertz CT molecular complexity index is 218. The molecule has 0 saturated carbocycles. The number of hydrogen-bond acceptors (Lipinski definition) is 2. The van der Waals surface area contributed by atoms with E-state index in [0.717, 1.165) is 32.2 Å². The summed E-state index contributed by atoms with van der Waals surface area (Å²) in [6.45, 7) is 3.04. The van der Waals surface area contributed by atoms with Gasteiger partial charge in [-0.25, -0.2) is 0 Å². The lowest BCUT2D eigenvalue weighted by molar-refractivity contribution is -0.130. The van der Waals surface area contributed by atoms with Crippen LogP contribution in [0.25, 0.3) is 0 Å². The van der Waals surface area contributed by atoms with Gasteiger partial charge >= 0.3 is 0 Å². The number of likely N-dealkylation sites (N-methyl/N-ethyl adjacent to an activating group) is 1. The van der Waals surface area contributed by atoms with Gasteiger partial charge in [0.2, 0.25) is 12.3 Å². The third-order valence-corrected chi connectivity index (χ3v) is 2.83. The molecule has 1 heterocycles. The summed E-state index contributed by atoms with van der Waals surface area (Å²) in [5, 5.41) is 0. The van der Waals surface area contributed by atoms with Crippen molar-refractivity contribution in [2.45, 2.75) is 32.2 Å². The van der Waals surface area contributed by atoms with Gasteiger partial charge < -0.3 is 9.80 Å². The Kier molecular flexibility index (Phi) is 3.92. The average molecular weight is 198 g/mol. The molecule has 0 aromatic rings. The maximum Gasteiger partial charge on any atom is 0.219 e. The molecule has 4 nitrogen and oxygen atoms in total. The molecule has 0 unspecified atom stereocenters. The van der Waals surface area contributed by atoms with E-state index in [0.29, 0.717) is 6.54 Å². The molecule has 1 aliphatic heterocycles. The van der Waals surface area contributed by atoms with Crippen molar-refractivity contribution in [1.82, 2.24) is 9.80 Å². The van der Waals surface area contributed by atoms with E-state index in [4.69, 9.17) is 0 Å². The van der Waals surface area contributed by atoms with E-state index < -0.39 is 0 Å². The van der Waals surface area contributed by atoms with Crippen molar-refractivity contribution in [2.24, 2.45) is 0 Å². The second kappa shape index (κ2) is 4.98. The highest BCUT2D eigenvalue weighted by Crippen LogP contribution is 2.15. The van der Waals surface area contributed by atoms with Crippen LogP contribution in [0.4, 0.5) is 0 Å². The maximum absolute atomic E-state index is 11.0. The van der Waals surface area contributed by atoms with Gasteiger partial charge in [-0.3, -0.25) is 9.59 Å². The Morgan fingerprint density at radius 2 is 2.29 bits per heavy atom. The number of amides is 2. The van der Waals surface area contributed by atoms with Crippen LogP contribution in [0, 0.1) is 0 Å². The summed E-state index contributed by atoms with van der Waals surface area (Å²) in [6.07, 6.45) is 4.15. The molecule has 0 spiro atoms. The zero-order chi connectivity index (χ0) is 10.6. The first kappa shape index (κ1) is 11.0. The van der Waals surface area contributed by atoms with Crippen molar-refractivity contribution in [3.63, 3.8) is 0 Å². The van der Waals surface area contributed by atoms with E-state index in [1.54, 1.807) is 18.9 Å². The highest BCUT2D eigenvalue weighted by molar-refractivity contribution is 5.72. The van der Waals surface area contributed by atoms with Crippen molar-refractivity contribution in [3.05, 3.63) is 0 Å². The van der Waals surface area contributed by atoms with Crippen LogP contribution in [0.2, 0.25) is 0 Å². The first-order valence-corrected chi connectivity index (χ1v) is 5.08. The normalized spacial score (nSPS) is 21.9. The number of piperidine rings is 1. The lowest BCUT2D eigenvalue weighted by Crippen LogP contribution is -2.46. The fourth-order valence-corrected chi connectivity index (χ4v) is 1.80. The highest BCUT2D eigenvalue weighted by Gasteiger charge is 2.22. The summed E-state index contributed by atoms with van der Waals surface area (Å²) in [5.41, 5.74) is 0. The number of hydrogen-bond donors (Lipinski definition) is 0. The standard InChI is InChI=1S/C10H18N2O2/c1-9(14)11(2)7-10-5-3-4-6-12(10)8-13/h8,10H,3-7H2,1-2H3/t10-/m0/s1. The molecule has 1 saturated heterocycles. The van der Waals surface area contributed by atoms with Gasteiger partial charge in [-0.1, -0.05) is 0 Å². The zero-order valence-electron chi connectivity index (χ0n) is 8.90. The fourth-order valence-electron chi connectivity index (χ4n) is 1.80. The molecule has 0 N–H and O–H groups in total. The second-order valence-electron chi connectivity index (χ2n) is 3.89. The topological polar surface area (TPSA) is 40.6 Å². The molecule has 2 amide bonds. The molecule has 4 heteroatoms. The Morgan fingerprint density at radius 3 is 2.86 bits per heavy atom. The van der Waals surface area contributed by atoms with Crippen LogP contribution in [0.3, 0.4) is 0 Å². The summed E-state index contributed by atoms with van der Waals surface area (Å²) in [7, 11) is 1.78. The molecule has 0 aromatic heterocycles. The molecule has 0 bridgehead atoms. The Balaban J connectivity index is 2.47. The number of nitrogens with zero attached hydrogens (tertiary/aromatic N) is 2. The lowest BCUT2D eigenvalue weighted by atomic mass is 10.0. The van der Waals surface area contributed by atoms with Crippen LogP contribution in [0.1, 0.15) is 26.2 Å². The van der Waals surface area contributed by atoms with E-state index in [2.05, 4.69) is 0 Å². The minimum atomic E-state index is 0.0569. The Hall–Kier alpha value is -1.06. The van der Waals surface area contributed by atoms with Crippen molar-refractivity contribution in [2.75, 3.05) is 20.1 Å². The van der Waals surface area contributed by atoms with Crippen molar-refractivity contribution < 1.29 is 9.59 Å². The van der Waals surface area contributed by atoms with Gasteiger partial charge in [0.1, 0.15) is 0 Å². The van der Waals surface area contributed by atoms with E-state index >= 15 is 0 Å². The number of likely N-dealkylation sites (tertiary alicyclic amines) is 1. The summed E-state index contributed by atoms with van der Waals surface area (Å²) >= 11 is 0. The third-order valence-electron chi connectivity index (χ3n) is 2.83. The predicted octanol–water partition coefficient (Wildman–Crippen LogP) is 0.476. The summed E-state index contributed by atoms with van der Waals surface area (Å²) in [4.78, 5) is 25.3. The molecule has 1 aliphatic rings. The van der Waals surface area contributed by atoms with Gasteiger partial charge in [0.15, 0.2) is 0 Å². The predicted molar refractivity (Wildman–Crippen MR) is 53.7 cm³/mol.